The van der Waals surface area contributed by atoms with Gasteiger partial charge in [0.25, 0.3) is 0 Å². The van der Waals surface area contributed by atoms with E-state index in [0.29, 0.717) is 4.67 Å². The van der Waals surface area contributed by atoms with E-state index in [-0.39, 0.29) is 6.04 Å². The molecule has 0 amide bonds. The van der Waals surface area contributed by atoms with E-state index in [0.717, 1.165) is 11.1 Å². The van der Waals surface area contributed by atoms with Crippen LogP contribution in [0.15, 0.2) is 45.7 Å². The van der Waals surface area contributed by atoms with Crippen LogP contribution in [0.3, 0.4) is 0 Å². The second-order valence-electron chi connectivity index (χ2n) is 3.66. The molecule has 84 valence electrons. The fourth-order valence-electron chi connectivity index (χ4n) is 1.63. The Morgan fingerprint density at radius 1 is 1.25 bits per heavy atom. The van der Waals surface area contributed by atoms with Crippen molar-refractivity contribution in [2.45, 2.75) is 13.0 Å². The molecule has 0 spiro atoms. The molecule has 16 heavy (non-hydrogen) atoms. The van der Waals surface area contributed by atoms with Crippen LogP contribution >= 0.6 is 15.9 Å². The molecular formula is C12H13BrN2O. The molecule has 4 heteroatoms. The molecule has 1 heterocycles. The topological polar surface area (TPSA) is 51.2 Å². The molecule has 0 saturated heterocycles. The lowest BCUT2D eigenvalue weighted by atomic mass is 10.0. The molecule has 1 aromatic heterocycles. The molecule has 0 aliphatic carbocycles. The molecule has 3 N–H and O–H groups in total. The minimum Gasteiger partial charge on any atom is -0.457 e. The van der Waals surface area contributed by atoms with E-state index in [1.54, 1.807) is 6.26 Å². The molecule has 0 aliphatic heterocycles. The molecule has 0 aliphatic rings. The maximum atomic E-state index is 5.59. The molecule has 2 rings (SSSR count). The third kappa shape index (κ3) is 2.19. The average molecular weight is 281 g/mol. The molecule has 0 fully saturated rings. The number of hydrogen-bond acceptors (Lipinski definition) is 3. The van der Waals surface area contributed by atoms with Crippen LogP contribution in [-0.4, -0.2) is 0 Å². The quantitative estimate of drug-likeness (QED) is 0.672. The summed E-state index contributed by atoms with van der Waals surface area (Å²) in [5.74, 6) is 5.59. The number of benzene rings is 1. The number of aryl methyl sites for hydroxylation is 1. The van der Waals surface area contributed by atoms with Gasteiger partial charge in [-0.05, 0) is 34.5 Å². The van der Waals surface area contributed by atoms with E-state index in [2.05, 4.69) is 52.5 Å². The molecule has 3 nitrogen and oxygen atoms in total. The normalized spacial score (nSPS) is 12.7. The smallest absolute Gasteiger partial charge is 0.174 e. The van der Waals surface area contributed by atoms with Gasteiger partial charge in [0, 0.05) is 5.56 Å². The minimum atomic E-state index is -0.0614. The summed E-state index contributed by atoms with van der Waals surface area (Å²) < 4.78 is 5.92. The van der Waals surface area contributed by atoms with Gasteiger partial charge in [0.05, 0.1) is 12.3 Å². The fourth-order valence-corrected chi connectivity index (χ4v) is 2.10. The number of nitrogens with one attached hydrogen (secondary N) is 1. The van der Waals surface area contributed by atoms with Crippen molar-refractivity contribution in [2.75, 3.05) is 0 Å². The van der Waals surface area contributed by atoms with Crippen LogP contribution < -0.4 is 11.3 Å². The number of hydrogen-bond donors (Lipinski definition) is 2. The second-order valence-corrected chi connectivity index (χ2v) is 4.38. The number of nitrogens with two attached hydrogens (primary N) is 1. The van der Waals surface area contributed by atoms with Gasteiger partial charge in [-0.15, -0.1) is 0 Å². The number of rotatable bonds is 3. The monoisotopic (exact) mass is 280 g/mol. The van der Waals surface area contributed by atoms with Crippen molar-refractivity contribution in [3.05, 3.63) is 58.0 Å². The molecule has 0 bridgehead atoms. The Kier molecular flexibility index (Phi) is 3.43. The third-order valence-electron chi connectivity index (χ3n) is 2.53. The van der Waals surface area contributed by atoms with E-state index in [1.807, 2.05) is 6.07 Å². The summed E-state index contributed by atoms with van der Waals surface area (Å²) in [5, 5.41) is 0. The summed E-state index contributed by atoms with van der Waals surface area (Å²) in [6.45, 7) is 2.06. The van der Waals surface area contributed by atoms with Gasteiger partial charge in [0.15, 0.2) is 4.67 Å². The zero-order chi connectivity index (χ0) is 11.5. The van der Waals surface area contributed by atoms with Crippen molar-refractivity contribution >= 4 is 15.9 Å². The van der Waals surface area contributed by atoms with Crippen LogP contribution in [-0.2, 0) is 0 Å². The first-order chi connectivity index (χ1) is 7.72. The minimum absolute atomic E-state index is 0.0614. The molecule has 2 aromatic rings. The zero-order valence-corrected chi connectivity index (χ0v) is 10.5. The summed E-state index contributed by atoms with van der Waals surface area (Å²) in [6.07, 6.45) is 1.64. The maximum absolute atomic E-state index is 5.59. The highest BCUT2D eigenvalue weighted by atomic mass is 79.9. The molecule has 1 unspecified atom stereocenters. The van der Waals surface area contributed by atoms with Crippen LogP contribution in [0.25, 0.3) is 0 Å². The number of halogens is 1. The highest BCUT2D eigenvalue weighted by Gasteiger charge is 2.16. The predicted octanol–water partition coefficient (Wildman–Crippen LogP) is 2.90. The van der Waals surface area contributed by atoms with E-state index in [1.165, 1.54) is 5.56 Å². The molecule has 1 aromatic carbocycles. The van der Waals surface area contributed by atoms with Crippen LogP contribution in [0.4, 0.5) is 0 Å². The van der Waals surface area contributed by atoms with Gasteiger partial charge >= 0.3 is 0 Å². The van der Waals surface area contributed by atoms with E-state index in [4.69, 9.17) is 10.3 Å². The van der Waals surface area contributed by atoms with Crippen molar-refractivity contribution in [3.63, 3.8) is 0 Å². The van der Waals surface area contributed by atoms with Gasteiger partial charge in [-0.2, -0.15) is 0 Å². The number of hydrazine groups is 1. The second kappa shape index (κ2) is 4.82. The van der Waals surface area contributed by atoms with Crippen molar-refractivity contribution in [2.24, 2.45) is 5.84 Å². The van der Waals surface area contributed by atoms with Crippen LogP contribution in [0.1, 0.15) is 22.7 Å². The Morgan fingerprint density at radius 3 is 2.44 bits per heavy atom. The summed E-state index contributed by atoms with van der Waals surface area (Å²) in [6, 6.07) is 10.1. The lowest BCUT2D eigenvalue weighted by Gasteiger charge is -2.15. The van der Waals surface area contributed by atoms with Crippen molar-refractivity contribution < 1.29 is 4.42 Å². The average Bonchev–Trinajstić information content (AvgIpc) is 2.69. The van der Waals surface area contributed by atoms with Gasteiger partial charge in [0.1, 0.15) is 0 Å². The molecule has 1 atom stereocenters. The van der Waals surface area contributed by atoms with Gasteiger partial charge in [-0.1, -0.05) is 29.8 Å². The highest BCUT2D eigenvalue weighted by molar-refractivity contribution is 9.10. The summed E-state index contributed by atoms with van der Waals surface area (Å²) >= 11 is 3.36. The van der Waals surface area contributed by atoms with Crippen molar-refractivity contribution in [3.8, 4) is 0 Å². The molecule has 0 radical (unpaired) electrons. The Hall–Kier alpha value is -1.10. The SMILES string of the molecule is Cc1ccc(C(NN)c2ccoc2Br)cc1. The fraction of sp³-hybridized carbons (Fsp3) is 0.167. The van der Waals surface area contributed by atoms with Crippen molar-refractivity contribution in [1.29, 1.82) is 0 Å². The first kappa shape index (κ1) is 11.4. The lowest BCUT2D eigenvalue weighted by Crippen LogP contribution is -2.28. The first-order valence-corrected chi connectivity index (χ1v) is 5.77. The van der Waals surface area contributed by atoms with Gasteiger partial charge < -0.3 is 4.42 Å². The largest absolute Gasteiger partial charge is 0.457 e. The van der Waals surface area contributed by atoms with Crippen LogP contribution in [0.5, 0.6) is 0 Å². The highest BCUT2D eigenvalue weighted by Crippen LogP contribution is 2.28. The first-order valence-electron chi connectivity index (χ1n) is 4.98. The van der Waals surface area contributed by atoms with Crippen LogP contribution in [0.2, 0.25) is 0 Å². The van der Waals surface area contributed by atoms with Crippen LogP contribution in [0, 0.1) is 6.92 Å². The van der Waals surface area contributed by atoms with Gasteiger partial charge in [0.2, 0.25) is 0 Å². The van der Waals surface area contributed by atoms with E-state index < -0.39 is 0 Å². The Morgan fingerprint density at radius 2 is 1.94 bits per heavy atom. The summed E-state index contributed by atoms with van der Waals surface area (Å²) in [7, 11) is 0. The third-order valence-corrected chi connectivity index (χ3v) is 3.18. The van der Waals surface area contributed by atoms with E-state index in [9.17, 15) is 0 Å². The zero-order valence-electron chi connectivity index (χ0n) is 8.91. The van der Waals surface area contributed by atoms with E-state index >= 15 is 0 Å². The van der Waals surface area contributed by atoms with Crippen molar-refractivity contribution in [1.82, 2.24) is 5.43 Å². The number of furan rings is 1. The molecular weight excluding hydrogens is 268 g/mol. The standard InChI is InChI=1S/C12H13BrN2O/c1-8-2-4-9(5-3-8)11(15-14)10-6-7-16-12(10)13/h2-7,11,15H,14H2,1H3. The summed E-state index contributed by atoms with van der Waals surface area (Å²) in [5.41, 5.74) is 6.12. The molecule has 0 saturated carbocycles. The summed E-state index contributed by atoms with van der Waals surface area (Å²) in [4.78, 5) is 0. The predicted molar refractivity (Wildman–Crippen MR) is 66.8 cm³/mol. The van der Waals surface area contributed by atoms with Gasteiger partial charge in [-0.25, -0.2) is 5.43 Å². The maximum Gasteiger partial charge on any atom is 0.174 e. The Balaban J connectivity index is 2.37. The lowest BCUT2D eigenvalue weighted by molar-refractivity contribution is 0.526. The van der Waals surface area contributed by atoms with Gasteiger partial charge in [-0.3, -0.25) is 5.84 Å². The Labute approximate surface area is 103 Å². The Bertz CT molecular complexity index is 464.